The highest BCUT2D eigenvalue weighted by molar-refractivity contribution is 7.09. The van der Waals surface area contributed by atoms with Gasteiger partial charge in [0.2, 0.25) is 0 Å². The van der Waals surface area contributed by atoms with E-state index in [1.807, 2.05) is 11.4 Å². The lowest BCUT2D eigenvalue weighted by atomic mass is 10.0. The van der Waals surface area contributed by atoms with Gasteiger partial charge in [-0.2, -0.15) is 0 Å². The van der Waals surface area contributed by atoms with E-state index in [2.05, 4.69) is 10.3 Å². The van der Waals surface area contributed by atoms with Crippen LogP contribution in [0.25, 0.3) is 0 Å². The van der Waals surface area contributed by atoms with Crippen molar-refractivity contribution in [2.24, 2.45) is 0 Å². The van der Waals surface area contributed by atoms with Gasteiger partial charge in [-0.1, -0.05) is 18.2 Å². The zero-order valence-corrected chi connectivity index (χ0v) is 10.0. The van der Waals surface area contributed by atoms with E-state index >= 15 is 0 Å². The van der Waals surface area contributed by atoms with Crippen molar-refractivity contribution in [1.82, 2.24) is 10.3 Å². The Kier molecular flexibility index (Phi) is 3.81. The van der Waals surface area contributed by atoms with Crippen LogP contribution in [0.2, 0.25) is 0 Å². The summed E-state index contributed by atoms with van der Waals surface area (Å²) in [7, 11) is 1.79. The SMILES string of the molecule is CNC(c1cccc(C(F)F)c1)c1nccs1. The van der Waals surface area contributed by atoms with Crippen LogP contribution in [0.3, 0.4) is 0 Å². The van der Waals surface area contributed by atoms with Gasteiger partial charge in [0, 0.05) is 17.1 Å². The molecule has 1 aromatic carbocycles. The zero-order chi connectivity index (χ0) is 12.3. The Bertz CT molecular complexity index is 471. The molecular formula is C12H12F2N2S. The first kappa shape index (κ1) is 12.1. The minimum Gasteiger partial charge on any atom is -0.307 e. The Balaban J connectivity index is 2.34. The summed E-state index contributed by atoms with van der Waals surface area (Å²) in [5, 5.41) is 5.84. The second-order valence-electron chi connectivity index (χ2n) is 3.56. The lowest BCUT2D eigenvalue weighted by Crippen LogP contribution is -2.17. The highest BCUT2D eigenvalue weighted by atomic mass is 32.1. The number of rotatable bonds is 4. The van der Waals surface area contributed by atoms with Crippen LogP contribution in [0, 0.1) is 0 Å². The maximum atomic E-state index is 12.6. The van der Waals surface area contributed by atoms with Crippen molar-refractivity contribution < 1.29 is 8.78 Å². The summed E-state index contributed by atoms with van der Waals surface area (Å²) in [6.07, 6.45) is -0.731. The molecule has 0 fully saturated rings. The molecule has 5 heteroatoms. The van der Waals surface area contributed by atoms with E-state index in [4.69, 9.17) is 0 Å². The Morgan fingerprint density at radius 3 is 2.65 bits per heavy atom. The maximum Gasteiger partial charge on any atom is 0.263 e. The van der Waals surface area contributed by atoms with Crippen molar-refractivity contribution in [3.63, 3.8) is 0 Å². The molecule has 0 spiro atoms. The molecule has 17 heavy (non-hydrogen) atoms. The number of nitrogens with zero attached hydrogens (tertiary/aromatic N) is 1. The fourth-order valence-electron chi connectivity index (χ4n) is 1.68. The van der Waals surface area contributed by atoms with Crippen LogP contribution in [0.5, 0.6) is 0 Å². The van der Waals surface area contributed by atoms with Crippen LogP contribution < -0.4 is 5.32 Å². The smallest absolute Gasteiger partial charge is 0.263 e. The van der Waals surface area contributed by atoms with Crippen molar-refractivity contribution >= 4 is 11.3 Å². The molecular weight excluding hydrogens is 242 g/mol. The van der Waals surface area contributed by atoms with Gasteiger partial charge in [0.15, 0.2) is 0 Å². The Hall–Kier alpha value is -1.33. The van der Waals surface area contributed by atoms with Gasteiger partial charge in [0.1, 0.15) is 5.01 Å². The summed E-state index contributed by atoms with van der Waals surface area (Å²) in [5.41, 5.74) is 0.847. The number of thiazole rings is 1. The monoisotopic (exact) mass is 254 g/mol. The van der Waals surface area contributed by atoms with Crippen LogP contribution in [-0.2, 0) is 0 Å². The average Bonchev–Trinajstić information content (AvgIpc) is 2.84. The van der Waals surface area contributed by atoms with Gasteiger partial charge in [-0.3, -0.25) is 0 Å². The molecule has 0 saturated heterocycles. The third-order valence-corrected chi connectivity index (χ3v) is 3.32. The number of hydrogen-bond acceptors (Lipinski definition) is 3. The highest BCUT2D eigenvalue weighted by Crippen LogP contribution is 2.27. The summed E-state index contributed by atoms with van der Waals surface area (Å²) < 4.78 is 25.2. The molecule has 0 radical (unpaired) electrons. The van der Waals surface area contributed by atoms with Crippen LogP contribution in [0.15, 0.2) is 35.8 Å². The number of aromatic nitrogens is 1. The second-order valence-corrected chi connectivity index (χ2v) is 4.49. The lowest BCUT2D eigenvalue weighted by molar-refractivity contribution is 0.151. The predicted octanol–water partition coefficient (Wildman–Crippen LogP) is 3.39. The predicted molar refractivity (Wildman–Crippen MR) is 64.4 cm³/mol. The molecule has 0 bridgehead atoms. The third kappa shape index (κ3) is 2.68. The van der Waals surface area contributed by atoms with E-state index in [1.165, 1.54) is 23.5 Å². The Labute approximate surface area is 102 Å². The standard InChI is InChI=1S/C12H12F2N2S/c1-15-10(12-16-5-6-17-12)8-3-2-4-9(7-8)11(13)14/h2-7,10-11,15H,1H3. The van der Waals surface area contributed by atoms with Gasteiger partial charge in [0.25, 0.3) is 6.43 Å². The number of benzene rings is 1. The first-order chi connectivity index (χ1) is 8.22. The van der Waals surface area contributed by atoms with E-state index < -0.39 is 6.43 Å². The van der Waals surface area contributed by atoms with E-state index in [-0.39, 0.29) is 11.6 Å². The molecule has 0 aliphatic heterocycles. The first-order valence-corrected chi connectivity index (χ1v) is 6.05. The van der Waals surface area contributed by atoms with E-state index in [0.29, 0.717) is 0 Å². The maximum absolute atomic E-state index is 12.6. The molecule has 1 atom stereocenters. The molecule has 1 unspecified atom stereocenters. The van der Waals surface area contributed by atoms with E-state index in [9.17, 15) is 8.78 Å². The summed E-state index contributed by atoms with van der Waals surface area (Å²) in [5.74, 6) is 0. The summed E-state index contributed by atoms with van der Waals surface area (Å²) in [6.45, 7) is 0. The molecule has 0 amide bonds. The zero-order valence-electron chi connectivity index (χ0n) is 9.23. The molecule has 0 aliphatic rings. The van der Waals surface area contributed by atoms with Crippen molar-refractivity contribution in [1.29, 1.82) is 0 Å². The summed E-state index contributed by atoms with van der Waals surface area (Å²) in [4.78, 5) is 4.21. The summed E-state index contributed by atoms with van der Waals surface area (Å²) in [6, 6.07) is 6.30. The number of nitrogens with one attached hydrogen (secondary N) is 1. The number of halogens is 2. The van der Waals surface area contributed by atoms with Gasteiger partial charge >= 0.3 is 0 Å². The quantitative estimate of drug-likeness (QED) is 0.904. The van der Waals surface area contributed by atoms with Crippen molar-refractivity contribution in [2.75, 3.05) is 7.05 Å². The molecule has 0 saturated carbocycles. The molecule has 2 rings (SSSR count). The highest BCUT2D eigenvalue weighted by Gasteiger charge is 2.16. The third-order valence-electron chi connectivity index (χ3n) is 2.48. The van der Waals surface area contributed by atoms with Crippen molar-refractivity contribution in [3.8, 4) is 0 Å². The van der Waals surface area contributed by atoms with Crippen molar-refractivity contribution in [3.05, 3.63) is 52.0 Å². The topological polar surface area (TPSA) is 24.9 Å². The molecule has 1 heterocycles. The van der Waals surface area contributed by atoms with Gasteiger partial charge in [-0.05, 0) is 18.7 Å². The fraction of sp³-hybridized carbons (Fsp3) is 0.250. The molecule has 1 aromatic heterocycles. The Morgan fingerprint density at radius 1 is 1.29 bits per heavy atom. The molecule has 2 nitrogen and oxygen atoms in total. The van der Waals surface area contributed by atoms with Gasteiger partial charge in [-0.15, -0.1) is 11.3 Å². The number of alkyl halides is 2. The molecule has 90 valence electrons. The molecule has 2 aromatic rings. The second kappa shape index (κ2) is 5.33. The van der Waals surface area contributed by atoms with Crippen molar-refractivity contribution in [2.45, 2.75) is 12.5 Å². The first-order valence-electron chi connectivity index (χ1n) is 5.17. The average molecular weight is 254 g/mol. The Morgan fingerprint density at radius 2 is 2.06 bits per heavy atom. The van der Waals surface area contributed by atoms with Gasteiger partial charge in [-0.25, -0.2) is 13.8 Å². The van der Waals surface area contributed by atoms with Crippen LogP contribution >= 0.6 is 11.3 Å². The minimum absolute atomic E-state index is 0.0410. The van der Waals surface area contributed by atoms with E-state index in [0.717, 1.165) is 10.6 Å². The lowest BCUT2D eigenvalue weighted by Gasteiger charge is -2.14. The number of hydrogen-bond donors (Lipinski definition) is 1. The van der Waals surface area contributed by atoms with Crippen LogP contribution in [-0.4, -0.2) is 12.0 Å². The van der Waals surface area contributed by atoms with Crippen LogP contribution in [0.1, 0.15) is 28.6 Å². The van der Waals surface area contributed by atoms with Crippen LogP contribution in [0.4, 0.5) is 8.78 Å². The largest absolute Gasteiger partial charge is 0.307 e. The van der Waals surface area contributed by atoms with Gasteiger partial charge < -0.3 is 5.32 Å². The molecule has 1 N–H and O–H groups in total. The summed E-state index contributed by atoms with van der Waals surface area (Å²) >= 11 is 1.50. The van der Waals surface area contributed by atoms with E-state index in [1.54, 1.807) is 19.3 Å². The fourth-order valence-corrected chi connectivity index (χ4v) is 2.46. The molecule has 0 aliphatic carbocycles. The minimum atomic E-state index is -2.44. The van der Waals surface area contributed by atoms with Gasteiger partial charge in [0.05, 0.1) is 6.04 Å². The normalized spacial score (nSPS) is 12.9.